The molecule has 1 aromatic rings. The molecule has 0 saturated carbocycles. The Kier molecular flexibility index (Phi) is 5.71. The Morgan fingerprint density at radius 2 is 1.81 bits per heavy atom. The highest BCUT2D eigenvalue weighted by molar-refractivity contribution is 6.01. The van der Waals surface area contributed by atoms with Crippen molar-refractivity contribution >= 4 is 23.6 Å². The summed E-state index contributed by atoms with van der Waals surface area (Å²) in [4.78, 5) is 37.3. The van der Waals surface area contributed by atoms with E-state index in [1.807, 2.05) is 0 Å². The number of hydrogen-bond donors (Lipinski definition) is 2. The Bertz CT molecular complexity index is 545. The highest BCUT2D eigenvalue weighted by atomic mass is 16.4. The molecule has 0 radical (unpaired) electrons. The van der Waals surface area contributed by atoms with Crippen LogP contribution in [0.3, 0.4) is 0 Å². The summed E-state index contributed by atoms with van der Waals surface area (Å²) in [6.45, 7) is 2.18. The Morgan fingerprint density at radius 1 is 1.19 bits per heavy atom. The number of nitrogens with one attached hydrogen (secondary N) is 1. The van der Waals surface area contributed by atoms with Crippen molar-refractivity contribution in [2.45, 2.75) is 6.92 Å². The topological polar surface area (TPSA) is 90.0 Å². The smallest absolute Gasteiger partial charge is 0.337 e. The van der Waals surface area contributed by atoms with Crippen LogP contribution < -0.4 is 10.2 Å². The standard InChI is InChI=1S/C14H19N3O4/c1-4-15-12(18)9-16(2)14(21)17(3)11-8-6-5-7-10(11)13(19)20/h5-8H,4,9H2,1-3H3,(H,15,18)(H,19,20). The molecule has 0 saturated heterocycles. The predicted octanol–water partition coefficient (Wildman–Crippen LogP) is 1.01. The number of aromatic carboxylic acids is 1. The van der Waals surface area contributed by atoms with E-state index in [0.717, 1.165) is 0 Å². The molecule has 0 unspecified atom stereocenters. The Hall–Kier alpha value is -2.57. The van der Waals surface area contributed by atoms with Gasteiger partial charge in [-0.25, -0.2) is 9.59 Å². The maximum Gasteiger partial charge on any atom is 0.337 e. The number of para-hydroxylation sites is 1. The number of benzene rings is 1. The molecule has 114 valence electrons. The molecule has 0 aliphatic carbocycles. The van der Waals surface area contributed by atoms with Gasteiger partial charge in [0, 0.05) is 20.6 Å². The summed E-state index contributed by atoms with van der Waals surface area (Å²) < 4.78 is 0. The Morgan fingerprint density at radius 3 is 2.38 bits per heavy atom. The summed E-state index contributed by atoms with van der Waals surface area (Å²) >= 11 is 0. The van der Waals surface area contributed by atoms with Crippen LogP contribution in [0, 0.1) is 0 Å². The normalized spacial score (nSPS) is 9.86. The minimum atomic E-state index is -1.11. The van der Waals surface area contributed by atoms with Gasteiger partial charge in [-0.3, -0.25) is 9.69 Å². The van der Waals surface area contributed by atoms with Crippen molar-refractivity contribution in [1.82, 2.24) is 10.2 Å². The van der Waals surface area contributed by atoms with E-state index in [9.17, 15) is 14.4 Å². The van der Waals surface area contributed by atoms with E-state index in [0.29, 0.717) is 6.54 Å². The molecule has 0 atom stereocenters. The second-order valence-corrected chi connectivity index (χ2v) is 4.47. The van der Waals surface area contributed by atoms with E-state index in [-0.39, 0.29) is 23.7 Å². The molecule has 1 rings (SSSR count). The molecule has 0 spiro atoms. The predicted molar refractivity (Wildman–Crippen MR) is 78.5 cm³/mol. The molecule has 1 aromatic carbocycles. The van der Waals surface area contributed by atoms with E-state index < -0.39 is 12.0 Å². The van der Waals surface area contributed by atoms with Crippen LogP contribution in [0.15, 0.2) is 24.3 Å². The summed E-state index contributed by atoms with van der Waals surface area (Å²) in [5.74, 6) is -1.38. The molecule has 0 bridgehead atoms. The first-order valence-corrected chi connectivity index (χ1v) is 6.46. The fraction of sp³-hybridized carbons (Fsp3) is 0.357. The van der Waals surface area contributed by atoms with E-state index in [4.69, 9.17) is 5.11 Å². The quantitative estimate of drug-likeness (QED) is 0.847. The van der Waals surface area contributed by atoms with Crippen LogP contribution in [0.4, 0.5) is 10.5 Å². The van der Waals surface area contributed by atoms with Crippen LogP contribution in [-0.4, -0.2) is 55.1 Å². The highest BCUT2D eigenvalue weighted by Crippen LogP contribution is 2.20. The van der Waals surface area contributed by atoms with Gasteiger partial charge in [0.2, 0.25) is 5.91 Å². The number of anilines is 1. The van der Waals surface area contributed by atoms with Crippen LogP contribution in [0.5, 0.6) is 0 Å². The zero-order chi connectivity index (χ0) is 16.0. The number of carboxylic acid groups (broad SMARTS) is 1. The average Bonchev–Trinajstić information content (AvgIpc) is 2.45. The Labute approximate surface area is 123 Å². The van der Waals surface area contributed by atoms with Crippen molar-refractivity contribution in [3.05, 3.63) is 29.8 Å². The summed E-state index contributed by atoms with van der Waals surface area (Å²) in [5.41, 5.74) is 0.303. The van der Waals surface area contributed by atoms with Crippen molar-refractivity contribution in [2.75, 3.05) is 32.1 Å². The molecule has 0 aliphatic heterocycles. The molecule has 0 aliphatic rings. The van der Waals surface area contributed by atoms with Crippen LogP contribution in [0.2, 0.25) is 0 Å². The molecular weight excluding hydrogens is 274 g/mol. The lowest BCUT2D eigenvalue weighted by Crippen LogP contribution is -2.44. The Balaban J connectivity index is 2.88. The number of carbonyl (C=O) groups is 3. The number of hydrogen-bond acceptors (Lipinski definition) is 3. The lowest BCUT2D eigenvalue weighted by molar-refractivity contribution is -0.121. The van der Waals surface area contributed by atoms with E-state index >= 15 is 0 Å². The van der Waals surface area contributed by atoms with Gasteiger partial charge in [0.05, 0.1) is 11.3 Å². The van der Waals surface area contributed by atoms with Crippen molar-refractivity contribution in [3.63, 3.8) is 0 Å². The molecule has 0 fully saturated rings. The summed E-state index contributed by atoms with van der Waals surface area (Å²) in [6.07, 6.45) is 0. The largest absolute Gasteiger partial charge is 0.478 e. The second-order valence-electron chi connectivity index (χ2n) is 4.47. The van der Waals surface area contributed by atoms with Gasteiger partial charge >= 0.3 is 12.0 Å². The van der Waals surface area contributed by atoms with Crippen molar-refractivity contribution in [1.29, 1.82) is 0 Å². The van der Waals surface area contributed by atoms with Gasteiger partial charge < -0.3 is 15.3 Å². The summed E-state index contributed by atoms with van der Waals surface area (Å²) in [7, 11) is 2.95. The number of likely N-dealkylation sites (N-methyl/N-ethyl adjacent to an activating group) is 2. The van der Waals surface area contributed by atoms with Gasteiger partial charge in [-0.05, 0) is 19.1 Å². The minimum absolute atomic E-state index is 0.0276. The van der Waals surface area contributed by atoms with Gasteiger partial charge in [0.25, 0.3) is 0 Å². The van der Waals surface area contributed by atoms with E-state index in [1.165, 1.54) is 30.0 Å². The molecule has 0 heterocycles. The minimum Gasteiger partial charge on any atom is -0.478 e. The zero-order valence-corrected chi connectivity index (χ0v) is 12.3. The van der Waals surface area contributed by atoms with Crippen molar-refractivity contribution in [2.24, 2.45) is 0 Å². The molecule has 21 heavy (non-hydrogen) atoms. The van der Waals surface area contributed by atoms with Crippen LogP contribution in [0.1, 0.15) is 17.3 Å². The molecule has 3 amide bonds. The number of carbonyl (C=O) groups excluding carboxylic acids is 2. The SMILES string of the molecule is CCNC(=O)CN(C)C(=O)N(C)c1ccccc1C(=O)O. The summed E-state index contributed by atoms with van der Waals surface area (Å²) in [5, 5.41) is 11.7. The van der Waals surface area contributed by atoms with Crippen LogP contribution >= 0.6 is 0 Å². The van der Waals surface area contributed by atoms with Gasteiger partial charge in [0.1, 0.15) is 6.54 Å². The third-order valence-corrected chi connectivity index (χ3v) is 2.86. The van der Waals surface area contributed by atoms with Crippen LogP contribution in [0.25, 0.3) is 0 Å². The second kappa shape index (κ2) is 7.28. The molecule has 2 N–H and O–H groups in total. The fourth-order valence-corrected chi connectivity index (χ4v) is 1.84. The first kappa shape index (κ1) is 16.5. The van der Waals surface area contributed by atoms with E-state index in [1.54, 1.807) is 25.1 Å². The van der Waals surface area contributed by atoms with Gasteiger partial charge in [-0.15, -0.1) is 0 Å². The zero-order valence-electron chi connectivity index (χ0n) is 12.3. The fourth-order valence-electron chi connectivity index (χ4n) is 1.84. The first-order valence-electron chi connectivity index (χ1n) is 6.46. The molecule has 7 nitrogen and oxygen atoms in total. The third kappa shape index (κ3) is 4.20. The van der Waals surface area contributed by atoms with Crippen molar-refractivity contribution < 1.29 is 19.5 Å². The number of nitrogens with zero attached hydrogens (tertiary/aromatic N) is 2. The average molecular weight is 293 g/mol. The summed E-state index contributed by atoms with van der Waals surface area (Å²) in [6, 6.07) is 5.74. The molecule has 0 aromatic heterocycles. The van der Waals surface area contributed by atoms with Gasteiger partial charge in [0.15, 0.2) is 0 Å². The lowest BCUT2D eigenvalue weighted by Gasteiger charge is -2.25. The number of rotatable bonds is 5. The number of amides is 3. The maximum absolute atomic E-state index is 12.2. The maximum atomic E-state index is 12.2. The molecular formula is C14H19N3O4. The van der Waals surface area contributed by atoms with Gasteiger partial charge in [-0.2, -0.15) is 0 Å². The number of urea groups is 1. The lowest BCUT2D eigenvalue weighted by atomic mass is 10.1. The monoisotopic (exact) mass is 293 g/mol. The number of carboxylic acids is 1. The van der Waals surface area contributed by atoms with Crippen molar-refractivity contribution in [3.8, 4) is 0 Å². The van der Waals surface area contributed by atoms with Gasteiger partial charge in [-0.1, -0.05) is 12.1 Å². The first-order chi connectivity index (χ1) is 9.88. The van der Waals surface area contributed by atoms with Crippen LogP contribution in [-0.2, 0) is 4.79 Å². The third-order valence-electron chi connectivity index (χ3n) is 2.86. The van der Waals surface area contributed by atoms with E-state index in [2.05, 4.69) is 5.32 Å². The highest BCUT2D eigenvalue weighted by Gasteiger charge is 2.21. The molecule has 7 heteroatoms.